The van der Waals surface area contributed by atoms with Crippen molar-refractivity contribution in [1.82, 2.24) is 0 Å². The van der Waals surface area contributed by atoms with Gasteiger partial charge in [0.05, 0.1) is 6.61 Å². The Morgan fingerprint density at radius 3 is 2.50 bits per heavy atom. The van der Waals surface area contributed by atoms with Gasteiger partial charge in [0.2, 0.25) is 0 Å². The monoisotopic (exact) mass is 240 g/mol. The summed E-state index contributed by atoms with van der Waals surface area (Å²) in [6.45, 7) is 9.38. The van der Waals surface area contributed by atoms with Crippen LogP contribution in [-0.2, 0) is 5.41 Å². The van der Waals surface area contributed by atoms with Crippen LogP contribution in [0.3, 0.4) is 0 Å². The molecule has 0 aliphatic rings. The van der Waals surface area contributed by atoms with E-state index in [-0.39, 0.29) is 5.41 Å². The molecule has 0 radical (unpaired) electrons. The number of benzene rings is 1. The van der Waals surface area contributed by atoms with Gasteiger partial charge in [0.15, 0.2) is 0 Å². The summed E-state index contributed by atoms with van der Waals surface area (Å²) in [7, 11) is 0. The first-order chi connectivity index (χ1) is 7.45. The molecule has 2 heteroatoms. The molecule has 0 aromatic heterocycles. The van der Waals surface area contributed by atoms with Crippen LogP contribution >= 0.6 is 11.6 Å². The van der Waals surface area contributed by atoms with Crippen molar-refractivity contribution in [1.29, 1.82) is 0 Å². The minimum absolute atomic E-state index is 0.115. The highest BCUT2D eigenvalue weighted by atomic mass is 35.5. The maximum absolute atomic E-state index is 5.80. The Morgan fingerprint density at radius 1 is 1.25 bits per heavy atom. The molecule has 0 N–H and O–H groups in total. The van der Waals surface area contributed by atoms with Gasteiger partial charge in [0.1, 0.15) is 5.75 Å². The molecule has 0 atom stereocenters. The Balaban J connectivity index is 2.90. The van der Waals surface area contributed by atoms with Crippen LogP contribution in [0.2, 0.25) is 0 Å². The van der Waals surface area contributed by atoms with Gasteiger partial charge in [-0.15, -0.1) is 11.6 Å². The van der Waals surface area contributed by atoms with E-state index in [0.717, 1.165) is 12.2 Å². The molecule has 90 valence electrons. The Kier molecular flexibility index (Phi) is 4.67. The summed E-state index contributed by atoms with van der Waals surface area (Å²) in [5, 5.41) is 0. The van der Waals surface area contributed by atoms with Gasteiger partial charge in [0, 0.05) is 5.88 Å². The van der Waals surface area contributed by atoms with Gasteiger partial charge in [0.25, 0.3) is 0 Å². The molecule has 1 aromatic rings. The number of alkyl halides is 1. The highest BCUT2D eigenvalue weighted by Crippen LogP contribution is 2.32. The number of hydrogen-bond acceptors (Lipinski definition) is 1. The molecular weight excluding hydrogens is 220 g/mol. The first kappa shape index (κ1) is 13.4. The van der Waals surface area contributed by atoms with E-state index >= 15 is 0 Å². The first-order valence-corrected chi connectivity index (χ1v) is 6.28. The lowest BCUT2D eigenvalue weighted by Crippen LogP contribution is -2.14. The fraction of sp³-hybridized carbons (Fsp3) is 0.571. The van der Waals surface area contributed by atoms with E-state index in [1.54, 1.807) is 0 Å². The number of hydrogen-bond donors (Lipinski definition) is 0. The fourth-order valence-electron chi connectivity index (χ4n) is 1.61. The van der Waals surface area contributed by atoms with Gasteiger partial charge in [-0.05, 0) is 36.0 Å². The van der Waals surface area contributed by atoms with Gasteiger partial charge in [-0.3, -0.25) is 0 Å². The molecule has 0 aliphatic carbocycles. The van der Waals surface area contributed by atoms with Crippen molar-refractivity contribution in [3.05, 3.63) is 29.3 Å². The van der Waals surface area contributed by atoms with E-state index in [1.165, 1.54) is 11.1 Å². The largest absolute Gasteiger partial charge is 0.493 e. The summed E-state index contributed by atoms with van der Waals surface area (Å²) >= 11 is 5.65. The summed E-state index contributed by atoms with van der Waals surface area (Å²) < 4.78 is 5.80. The number of halogens is 1. The van der Waals surface area contributed by atoms with Crippen molar-refractivity contribution < 1.29 is 4.74 Å². The fourth-order valence-corrected chi connectivity index (χ4v) is 1.71. The molecule has 0 fully saturated rings. The molecule has 0 saturated heterocycles. The summed E-state index contributed by atoms with van der Waals surface area (Å²) in [4.78, 5) is 0. The highest BCUT2D eigenvalue weighted by molar-refractivity contribution is 6.17. The Hall–Kier alpha value is -0.690. The molecule has 0 saturated carbocycles. The molecule has 16 heavy (non-hydrogen) atoms. The zero-order chi connectivity index (χ0) is 12.2. The molecule has 0 aliphatic heterocycles. The predicted octanol–water partition coefficient (Wildman–Crippen LogP) is 4.30. The number of ether oxygens (including phenoxy) is 1. The minimum atomic E-state index is 0.115. The van der Waals surface area contributed by atoms with Gasteiger partial charge in [-0.25, -0.2) is 0 Å². The zero-order valence-corrected chi connectivity index (χ0v) is 11.4. The summed E-state index contributed by atoms with van der Waals surface area (Å²) in [6, 6.07) is 6.40. The van der Waals surface area contributed by atoms with Crippen LogP contribution in [0.1, 0.15) is 38.3 Å². The van der Waals surface area contributed by atoms with Crippen LogP contribution in [0.15, 0.2) is 18.2 Å². The topological polar surface area (TPSA) is 9.23 Å². The third kappa shape index (κ3) is 3.71. The smallest absolute Gasteiger partial charge is 0.123 e. The summed E-state index contributed by atoms with van der Waals surface area (Å²) in [5.74, 6) is 1.65. The lowest BCUT2D eigenvalue weighted by Gasteiger charge is -2.23. The van der Waals surface area contributed by atoms with Crippen molar-refractivity contribution in [2.24, 2.45) is 0 Å². The lowest BCUT2D eigenvalue weighted by atomic mass is 9.86. The SMILES string of the molecule is Cc1ccc(C(C)(C)C)c(OCCCCl)c1. The van der Waals surface area contributed by atoms with E-state index < -0.39 is 0 Å². The standard InChI is InChI=1S/C14H21ClO/c1-11-6-7-12(14(2,3)4)13(10-11)16-9-5-8-15/h6-7,10H,5,8-9H2,1-4H3. The zero-order valence-electron chi connectivity index (χ0n) is 10.6. The van der Waals surface area contributed by atoms with Crippen LogP contribution in [0.4, 0.5) is 0 Å². The van der Waals surface area contributed by atoms with Crippen molar-refractivity contribution >= 4 is 11.6 Å². The van der Waals surface area contributed by atoms with Crippen LogP contribution < -0.4 is 4.74 Å². The van der Waals surface area contributed by atoms with Crippen LogP contribution in [0.25, 0.3) is 0 Å². The number of rotatable bonds is 4. The highest BCUT2D eigenvalue weighted by Gasteiger charge is 2.18. The second-order valence-corrected chi connectivity index (χ2v) is 5.52. The van der Waals surface area contributed by atoms with E-state index in [4.69, 9.17) is 16.3 Å². The van der Waals surface area contributed by atoms with E-state index in [2.05, 4.69) is 45.9 Å². The molecule has 0 bridgehead atoms. The van der Waals surface area contributed by atoms with Gasteiger partial charge in [-0.1, -0.05) is 32.9 Å². The van der Waals surface area contributed by atoms with Gasteiger partial charge in [-0.2, -0.15) is 0 Å². The van der Waals surface area contributed by atoms with E-state index in [0.29, 0.717) is 12.5 Å². The molecule has 1 aromatic carbocycles. The Bertz CT molecular complexity index is 339. The lowest BCUT2D eigenvalue weighted by molar-refractivity contribution is 0.309. The molecule has 0 heterocycles. The average Bonchev–Trinajstić information content (AvgIpc) is 2.16. The van der Waals surface area contributed by atoms with Crippen molar-refractivity contribution in [2.45, 2.75) is 39.5 Å². The van der Waals surface area contributed by atoms with Crippen LogP contribution in [0, 0.1) is 6.92 Å². The second-order valence-electron chi connectivity index (χ2n) is 5.14. The molecule has 0 spiro atoms. The molecule has 1 rings (SSSR count). The van der Waals surface area contributed by atoms with Crippen molar-refractivity contribution in [2.75, 3.05) is 12.5 Å². The quantitative estimate of drug-likeness (QED) is 0.563. The molecule has 0 amide bonds. The minimum Gasteiger partial charge on any atom is -0.493 e. The third-order valence-corrected chi connectivity index (χ3v) is 2.75. The summed E-state index contributed by atoms with van der Waals surface area (Å²) in [6.07, 6.45) is 0.888. The predicted molar refractivity (Wildman–Crippen MR) is 70.7 cm³/mol. The summed E-state index contributed by atoms with van der Waals surface area (Å²) in [5.41, 5.74) is 2.60. The molecule has 0 unspecified atom stereocenters. The van der Waals surface area contributed by atoms with Crippen LogP contribution in [-0.4, -0.2) is 12.5 Å². The van der Waals surface area contributed by atoms with E-state index in [1.807, 2.05) is 0 Å². The molecular formula is C14H21ClO. The van der Waals surface area contributed by atoms with Crippen molar-refractivity contribution in [3.8, 4) is 5.75 Å². The third-order valence-electron chi connectivity index (χ3n) is 2.48. The Morgan fingerprint density at radius 2 is 1.94 bits per heavy atom. The average molecular weight is 241 g/mol. The van der Waals surface area contributed by atoms with Gasteiger partial charge < -0.3 is 4.74 Å². The van der Waals surface area contributed by atoms with Crippen LogP contribution in [0.5, 0.6) is 5.75 Å². The van der Waals surface area contributed by atoms with Gasteiger partial charge >= 0.3 is 0 Å². The second kappa shape index (κ2) is 5.58. The normalized spacial score (nSPS) is 11.6. The van der Waals surface area contributed by atoms with E-state index in [9.17, 15) is 0 Å². The maximum Gasteiger partial charge on any atom is 0.123 e. The molecule has 1 nitrogen and oxygen atoms in total. The Labute approximate surface area is 104 Å². The number of aryl methyl sites for hydroxylation is 1. The first-order valence-electron chi connectivity index (χ1n) is 5.75. The van der Waals surface area contributed by atoms with Crippen molar-refractivity contribution in [3.63, 3.8) is 0 Å². The maximum atomic E-state index is 5.80.